The van der Waals surface area contributed by atoms with Crippen molar-refractivity contribution in [2.24, 2.45) is 29.6 Å². The van der Waals surface area contributed by atoms with Crippen LogP contribution < -0.4 is 9.64 Å². The Morgan fingerprint density at radius 3 is 2.43 bits per heavy atom. The van der Waals surface area contributed by atoms with Crippen LogP contribution in [0, 0.1) is 29.6 Å². The van der Waals surface area contributed by atoms with E-state index in [9.17, 15) is 0 Å². The number of piperidine rings is 1. The highest BCUT2D eigenvalue weighted by molar-refractivity contribution is 6.30. The zero-order valence-corrected chi connectivity index (χ0v) is 17.2. The smallest absolute Gasteiger partial charge is 0.247 e. The number of halogens is 1. The highest BCUT2D eigenvalue weighted by Crippen LogP contribution is 2.76. The Morgan fingerprint density at radius 1 is 1.03 bits per heavy atom. The van der Waals surface area contributed by atoms with E-state index in [-0.39, 0.29) is 0 Å². The maximum absolute atomic E-state index is 6.02. The van der Waals surface area contributed by atoms with Gasteiger partial charge in [0.15, 0.2) is 0 Å². The summed E-state index contributed by atoms with van der Waals surface area (Å²) in [5.74, 6) is 6.48. The molecule has 30 heavy (non-hydrogen) atoms. The summed E-state index contributed by atoms with van der Waals surface area (Å²) in [7, 11) is 0. The van der Waals surface area contributed by atoms with Gasteiger partial charge >= 0.3 is 0 Å². The van der Waals surface area contributed by atoms with E-state index >= 15 is 0 Å². The largest absolute Gasteiger partial charge is 0.493 e. The van der Waals surface area contributed by atoms with E-state index in [2.05, 4.69) is 25.1 Å². The Morgan fingerprint density at radius 2 is 1.77 bits per heavy atom. The molecule has 1 aromatic carbocycles. The molecule has 3 aliphatic rings. The van der Waals surface area contributed by atoms with E-state index in [0.29, 0.717) is 10.9 Å². The molecular formula is C22H22ClN5O2. The van der Waals surface area contributed by atoms with Crippen LogP contribution in [0.3, 0.4) is 0 Å². The minimum atomic E-state index is 0.529. The number of ether oxygens (including phenoxy) is 1. The fourth-order valence-electron chi connectivity index (χ4n) is 5.23. The monoisotopic (exact) mass is 423 g/mol. The summed E-state index contributed by atoms with van der Waals surface area (Å²) in [4.78, 5) is 11.0. The Bertz CT molecular complexity index is 993. The van der Waals surface area contributed by atoms with Crippen molar-refractivity contribution in [3.63, 3.8) is 0 Å². The molecule has 2 aromatic heterocycles. The van der Waals surface area contributed by atoms with E-state index in [4.69, 9.17) is 20.8 Å². The summed E-state index contributed by atoms with van der Waals surface area (Å²) in [5, 5.41) is 8.22. The Balaban J connectivity index is 0.950. The van der Waals surface area contributed by atoms with Crippen molar-refractivity contribution < 1.29 is 9.15 Å². The lowest BCUT2D eigenvalue weighted by atomic mass is 9.85. The first kappa shape index (κ1) is 18.1. The molecule has 0 bridgehead atoms. The third kappa shape index (κ3) is 3.31. The fourth-order valence-corrected chi connectivity index (χ4v) is 5.32. The molecule has 7 nitrogen and oxygen atoms in total. The van der Waals surface area contributed by atoms with Crippen LogP contribution in [0.15, 0.2) is 47.5 Å². The van der Waals surface area contributed by atoms with E-state index < -0.39 is 0 Å². The van der Waals surface area contributed by atoms with Crippen molar-refractivity contribution in [3.05, 3.63) is 48.1 Å². The van der Waals surface area contributed by atoms with Gasteiger partial charge in [-0.3, -0.25) is 0 Å². The maximum Gasteiger partial charge on any atom is 0.247 e. The van der Waals surface area contributed by atoms with Gasteiger partial charge in [-0.05, 0) is 66.7 Å². The van der Waals surface area contributed by atoms with Crippen molar-refractivity contribution in [1.29, 1.82) is 0 Å². The van der Waals surface area contributed by atoms with Crippen LogP contribution in [-0.2, 0) is 0 Å². The Kier molecular flexibility index (Phi) is 4.37. The van der Waals surface area contributed by atoms with Gasteiger partial charge in [0.25, 0.3) is 0 Å². The van der Waals surface area contributed by atoms with Crippen LogP contribution in [-0.4, -0.2) is 39.9 Å². The number of nitrogens with zero attached hydrogens (tertiary/aromatic N) is 5. The van der Waals surface area contributed by atoms with Crippen molar-refractivity contribution in [2.75, 3.05) is 24.6 Å². The van der Waals surface area contributed by atoms with Crippen LogP contribution in [0.4, 0.5) is 5.95 Å². The van der Waals surface area contributed by atoms with Gasteiger partial charge in [0.05, 0.1) is 24.0 Å². The molecule has 0 spiro atoms. The minimum Gasteiger partial charge on any atom is -0.493 e. The zero-order chi connectivity index (χ0) is 20.1. The molecule has 3 heterocycles. The molecule has 6 rings (SSSR count). The predicted octanol–water partition coefficient (Wildman–Crippen LogP) is 3.97. The third-order valence-electron chi connectivity index (χ3n) is 6.92. The molecule has 8 heteroatoms. The lowest BCUT2D eigenvalue weighted by molar-refractivity contribution is 0.214. The summed E-state index contributed by atoms with van der Waals surface area (Å²) in [6.07, 6.45) is 7.15. The number of hydrogen-bond donors (Lipinski definition) is 0. The van der Waals surface area contributed by atoms with E-state index in [1.807, 2.05) is 24.3 Å². The molecule has 2 atom stereocenters. The van der Waals surface area contributed by atoms with Gasteiger partial charge < -0.3 is 14.1 Å². The average molecular weight is 424 g/mol. The Hall–Kier alpha value is -2.67. The molecule has 0 N–H and O–H groups in total. The highest BCUT2D eigenvalue weighted by atomic mass is 35.5. The number of anilines is 1. The maximum atomic E-state index is 6.02. The van der Waals surface area contributed by atoms with Gasteiger partial charge in [-0.1, -0.05) is 11.6 Å². The summed E-state index contributed by atoms with van der Waals surface area (Å²) < 4.78 is 11.2. The molecular weight excluding hydrogens is 402 g/mol. The Labute approximate surface area is 179 Å². The standard InChI is InChI=1S/C22H22ClN5O2/c23-15-9-24-22(25-10-15)28-7-5-13(6-8-28)18-19-17(20(18)19)11-29-16-3-1-14(2-4-16)21-27-26-12-30-21/h1-4,9-10,12-13,17-20H,5-8,11H2. The summed E-state index contributed by atoms with van der Waals surface area (Å²) in [5.41, 5.74) is 0.907. The highest BCUT2D eigenvalue weighted by Gasteiger charge is 2.74. The van der Waals surface area contributed by atoms with Crippen LogP contribution in [0.1, 0.15) is 12.8 Å². The van der Waals surface area contributed by atoms with E-state index in [1.165, 1.54) is 19.2 Å². The number of hydrogen-bond acceptors (Lipinski definition) is 7. The van der Waals surface area contributed by atoms with Gasteiger partial charge in [-0.25, -0.2) is 9.97 Å². The fraction of sp³-hybridized carbons (Fsp3) is 0.455. The van der Waals surface area contributed by atoms with Gasteiger partial charge in [-0.2, -0.15) is 0 Å². The summed E-state index contributed by atoms with van der Waals surface area (Å²) in [6.45, 7) is 2.90. The molecule has 3 fully saturated rings. The third-order valence-corrected chi connectivity index (χ3v) is 7.11. The summed E-state index contributed by atoms with van der Waals surface area (Å²) >= 11 is 5.89. The molecule has 1 saturated heterocycles. The quantitative estimate of drug-likeness (QED) is 0.593. The van der Waals surface area contributed by atoms with Crippen molar-refractivity contribution >= 4 is 17.5 Å². The number of benzene rings is 1. The predicted molar refractivity (Wildman–Crippen MR) is 111 cm³/mol. The van der Waals surface area contributed by atoms with Crippen molar-refractivity contribution in [3.8, 4) is 17.2 Å². The minimum absolute atomic E-state index is 0.529. The molecule has 3 aromatic rings. The topological polar surface area (TPSA) is 77.2 Å². The van der Waals surface area contributed by atoms with Crippen molar-refractivity contribution in [1.82, 2.24) is 20.2 Å². The van der Waals surface area contributed by atoms with Crippen LogP contribution in [0.25, 0.3) is 11.5 Å². The van der Waals surface area contributed by atoms with E-state index in [1.54, 1.807) is 12.4 Å². The normalized spacial score (nSPS) is 27.6. The second-order valence-electron chi connectivity index (χ2n) is 8.50. The number of fused-ring (bicyclic) bond motifs is 1. The first-order chi connectivity index (χ1) is 14.8. The van der Waals surface area contributed by atoms with Crippen LogP contribution in [0.2, 0.25) is 5.02 Å². The second-order valence-corrected chi connectivity index (χ2v) is 8.94. The van der Waals surface area contributed by atoms with Crippen molar-refractivity contribution in [2.45, 2.75) is 12.8 Å². The lowest BCUT2D eigenvalue weighted by Crippen LogP contribution is -2.36. The number of rotatable bonds is 6. The summed E-state index contributed by atoms with van der Waals surface area (Å²) in [6, 6.07) is 7.86. The van der Waals surface area contributed by atoms with Crippen LogP contribution >= 0.6 is 11.6 Å². The molecule has 1 aliphatic heterocycles. The van der Waals surface area contributed by atoms with Gasteiger partial charge in [0.2, 0.25) is 18.2 Å². The molecule has 154 valence electrons. The lowest BCUT2D eigenvalue weighted by Gasteiger charge is -2.34. The second kappa shape index (κ2) is 7.23. The molecule has 0 amide bonds. The van der Waals surface area contributed by atoms with Gasteiger partial charge in [0.1, 0.15) is 5.75 Å². The average Bonchev–Trinajstić information content (AvgIpc) is 3.62. The SMILES string of the molecule is Clc1cnc(N2CCC(C3C4C(COc5ccc(-c6nnco6)cc5)C34)CC2)nc1. The molecule has 2 aliphatic carbocycles. The van der Waals surface area contributed by atoms with E-state index in [0.717, 1.165) is 66.5 Å². The van der Waals surface area contributed by atoms with Gasteiger partial charge in [-0.15, -0.1) is 10.2 Å². The first-order valence-electron chi connectivity index (χ1n) is 10.5. The zero-order valence-electron chi connectivity index (χ0n) is 16.4. The molecule has 2 saturated carbocycles. The molecule has 2 unspecified atom stereocenters. The molecule has 0 radical (unpaired) electrons. The van der Waals surface area contributed by atoms with Gasteiger partial charge in [0, 0.05) is 18.7 Å². The number of aromatic nitrogens is 4. The van der Waals surface area contributed by atoms with Crippen LogP contribution in [0.5, 0.6) is 5.75 Å². The first-order valence-corrected chi connectivity index (χ1v) is 10.9.